The van der Waals surface area contributed by atoms with Gasteiger partial charge in [0, 0.05) is 16.0 Å². The van der Waals surface area contributed by atoms with Crippen molar-refractivity contribution < 1.29 is 5.11 Å². The lowest BCUT2D eigenvalue weighted by atomic mass is 10.1. The Morgan fingerprint density at radius 3 is 2.53 bits per heavy atom. The van der Waals surface area contributed by atoms with Crippen molar-refractivity contribution in [2.45, 2.75) is 12.6 Å². The van der Waals surface area contributed by atoms with Gasteiger partial charge in [0.2, 0.25) is 0 Å². The average molecular weight is 341 g/mol. The van der Waals surface area contributed by atoms with Gasteiger partial charge in [-0.1, -0.05) is 63.9 Å². The summed E-state index contributed by atoms with van der Waals surface area (Å²) in [7, 11) is 0. The number of halogens is 2. The van der Waals surface area contributed by atoms with Crippen LogP contribution in [0.5, 0.6) is 0 Å². The SMILES string of the molecule is OC[C@H](NCc1ccc(Cl)cc1Br)c1ccccc1. The fourth-order valence-corrected chi connectivity index (χ4v) is 2.69. The molecule has 100 valence electrons. The van der Waals surface area contributed by atoms with E-state index < -0.39 is 0 Å². The molecule has 0 unspecified atom stereocenters. The molecule has 2 aromatic carbocycles. The van der Waals surface area contributed by atoms with Crippen LogP contribution < -0.4 is 5.32 Å². The van der Waals surface area contributed by atoms with Crippen LogP contribution >= 0.6 is 27.5 Å². The van der Waals surface area contributed by atoms with E-state index >= 15 is 0 Å². The highest BCUT2D eigenvalue weighted by Gasteiger charge is 2.10. The smallest absolute Gasteiger partial charge is 0.0626 e. The van der Waals surface area contributed by atoms with E-state index in [4.69, 9.17) is 11.6 Å². The van der Waals surface area contributed by atoms with Crippen molar-refractivity contribution in [2.24, 2.45) is 0 Å². The van der Waals surface area contributed by atoms with Crippen molar-refractivity contribution in [2.75, 3.05) is 6.61 Å². The van der Waals surface area contributed by atoms with E-state index in [9.17, 15) is 5.11 Å². The second kappa shape index (κ2) is 7.06. The number of nitrogens with one attached hydrogen (secondary N) is 1. The van der Waals surface area contributed by atoms with Gasteiger partial charge in [-0.15, -0.1) is 0 Å². The van der Waals surface area contributed by atoms with Crippen LogP contribution in [0.4, 0.5) is 0 Å². The van der Waals surface area contributed by atoms with Gasteiger partial charge >= 0.3 is 0 Å². The van der Waals surface area contributed by atoms with Gasteiger partial charge in [0.25, 0.3) is 0 Å². The number of hydrogen-bond acceptors (Lipinski definition) is 2. The summed E-state index contributed by atoms with van der Waals surface area (Å²) >= 11 is 9.40. The summed E-state index contributed by atoms with van der Waals surface area (Å²) in [6.45, 7) is 0.729. The molecule has 4 heteroatoms. The van der Waals surface area contributed by atoms with Gasteiger partial charge in [-0.05, 0) is 23.3 Å². The lowest BCUT2D eigenvalue weighted by Gasteiger charge is -2.17. The molecule has 0 saturated carbocycles. The van der Waals surface area contributed by atoms with Crippen LogP contribution in [-0.2, 0) is 6.54 Å². The maximum Gasteiger partial charge on any atom is 0.0626 e. The molecular formula is C15H15BrClNO. The molecule has 0 aliphatic rings. The second-order valence-corrected chi connectivity index (χ2v) is 5.55. The summed E-state index contributed by atoms with van der Waals surface area (Å²) < 4.78 is 0.970. The van der Waals surface area contributed by atoms with E-state index in [2.05, 4.69) is 21.2 Å². The van der Waals surface area contributed by atoms with Gasteiger partial charge in [0.05, 0.1) is 12.6 Å². The molecule has 2 N–H and O–H groups in total. The Balaban J connectivity index is 2.04. The summed E-state index contributed by atoms with van der Waals surface area (Å²) in [6, 6.07) is 15.6. The molecule has 2 nitrogen and oxygen atoms in total. The third-order valence-corrected chi connectivity index (χ3v) is 3.91. The first-order valence-electron chi connectivity index (χ1n) is 6.04. The Morgan fingerprint density at radius 1 is 1.16 bits per heavy atom. The first-order valence-corrected chi connectivity index (χ1v) is 7.21. The molecule has 0 aliphatic heterocycles. The Kier molecular flexibility index (Phi) is 5.40. The number of rotatable bonds is 5. The monoisotopic (exact) mass is 339 g/mol. The maximum atomic E-state index is 9.48. The zero-order chi connectivity index (χ0) is 13.7. The minimum absolute atomic E-state index is 0.0647. The molecule has 0 heterocycles. The highest BCUT2D eigenvalue weighted by atomic mass is 79.9. The molecule has 0 aliphatic carbocycles. The fraction of sp³-hybridized carbons (Fsp3) is 0.200. The summed E-state index contributed by atoms with van der Waals surface area (Å²) in [6.07, 6.45) is 0. The van der Waals surface area contributed by atoms with Gasteiger partial charge in [0.15, 0.2) is 0 Å². The minimum Gasteiger partial charge on any atom is -0.394 e. The summed E-state index contributed by atoms with van der Waals surface area (Å²) in [4.78, 5) is 0. The summed E-state index contributed by atoms with van der Waals surface area (Å²) in [5, 5.41) is 13.5. The number of benzene rings is 2. The zero-order valence-electron chi connectivity index (χ0n) is 10.3. The van der Waals surface area contributed by atoms with Crippen molar-refractivity contribution in [3.63, 3.8) is 0 Å². The van der Waals surface area contributed by atoms with Crippen molar-refractivity contribution in [1.82, 2.24) is 5.32 Å². The summed E-state index contributed by atoms with van der Waals surface area (Å²) in [5.74, 6) is 0. The van der Waals surface area contributed by atoms with Crippen molar-refractivity contribution in [1.29, 1.82) is 0 Å². The first-order chi connectivity index (χ1) is 9.20. The number of aliphatic hydroxyl groups is 1. The normalized spacial score (nSPS) is 12.4. The fourth-order valence-electron chi connectivity index (χ4n) is 1.87. The molecule has 0 saturated heterocycles. The Bertz CT molecular complexity index is 533. The lowest BCUT2D eigenvalue weighted by Crippen LogP contribution is -2.24. The molecule has 1 atom stereocenters. The average Bonchev–Trinajstić information content (AvgIpc) is 2.43. The Hall–Kier alpha value is -0.870. The van der Waals surface area contributed by atoms with Crippen molar-refractivity contribution >= 4 is 27.5 Å². The highest BCUT2D eigenvalue weighted by molar-refractivity contribution is 9.10. The molecule has 19 heavy (non-hydrogen) atoms. The number of aliphatic hydroxyl groups excluding tert-OH is 1. The molecule has 0 aromatic heterocycles. The molecule has 0 spiro atoms. The third-order valence-electron chi connectivity index (χ3n) is 2.94. The van der Waals surface area contributed by atoms with E-state index in [1.807, 2.05) is 48.5 Å². The third kappa shape index (κ3) is 4.05. The van der Waals surface area contributed by atoms with Gasteiger partial charge in [-0.3, -0.25) is 0 Å². The standard InChI is InChI=1S/C15H15BrClNO/c16-14-8-13(17)7-6-12(14)9-18-15(10-19)11-4-2-1-3-5-11/h1-8,15,18-19H,9-10H2/t15-/m0/s1. The molecule has 0 bridgehead atoms. The van der Waals surface area contributed by atoms with E-state index in [1.54, 1.807) is 0 Å². The number of hydrogen-bond donors (Lipinski definition) is 2. The zero-order valence-corrected chi connectivity index (χ0v) is 12.7. The predicted molar refractivity (Wildman–Crippen MR) is 82.3 cm³/mol. The largest absolute Gasteiger partial charge is 0.394 e. The molecule has 2 aromatic rings. The van der Waals surface area contributed by atoms with E-state index in [0.29, 0.717) is 11.6 Å². The maximum absolute atomic E-state index is 9.48. The van der Waals surface area contributed by atoms with Crippen LogP contribution in [0, 0.1) is 0 Å². The van der Waals surface area contributed by atoms with Gasteiger partial charge in [0.1, 0.15) is 0 Å². The van der Waals surface area contributed by atoms with Crippen LogP contribution in [0.2, 0.25) is 5.02 Å². The van der Waals surface area contributed by atoms with E-state index in [1.165, 1.54) is 0 Å². The topological polar surface area (TPSA) is 32.3 Å². The first kappa shape index (κ1) is 14.5. The minimum atomic E-state index is -0.0659. The molecule has 2 rings (SSSR count). The van der Waals surface area contributed by atoms with E-state index in [-0.39, 0.29) is 12.6 Å². The van der Waals surface area contributed by atoms with Crippen LogP contribution in [0.15, 0.2) is 53.0 Å². The van der Waals surface area contributed by atoms with Gasteiger partial charge in [-0.2, -0.15) is 0 Å². The molecular weight excluding hydrogens is 326 g/mol. The second-order valence-electron chi connectivity index (χ2n) is 4.26. The van der Waals surface area contributed by atoms with Crippen LogP contribution in [0.25, 0.3) is 0 Å². The molecule has 0 amide bonds. The quantitative estimate of drug-likeness (QED) is 0.864. The van der Waals surface area contributed by atoms with Gasteiger partial charge < -0.3 is 10.4 Å². The predicted octanol–water partition coefficient (Wildman–Crippen LogP) is 3.93. The van der Waals surface area contributed by atoms with E-state index in [0.717, 1.165) is 15.6 Å². The lowest BCUT2D eigenvalue weighted by molar-refractivity contribution is 0.243. The Morgan fingerprint density at radius 2 is 1.89 bits per heavy atom. The molecule has 0 fully saturated rings. The molecule has 0 radical (unpaired) electrons. The van der Waals surface area contributed by atoms with Crippen LogP contribution in [0.1, 0.15) is 17.2 Å². The van der Waals surface area contributed by atoms with Crippen LogP contribution in [0.3, 0.4) is 0 Å². The highest BCUT2D eigenvalue weighted by Crippen LogP contribution is 2.22. The van der Waals surface area contributed by atoms with Crippen LogP contribution in [-0.4, -0.2) is 11.7 Å². The van der Waals surface area contributed by atoms with Crippen molar-refractivity contribution in [3.8, 4) is 0 Å². The van der Waals surface area contributed by atoms with Crippen molar-refractivity contribution in [3.05, 3.63) is 69.2 Å². The van der Waals surface area contributed by atoms with Gasteiger partial charge in [-0.25, -0.2) is 0 Å². The summed E-state index contributed by atoms with van der Waals surface area (Å²) in [5.41, 5.74) is 2.19. The Labute approximate surface area is 126 Å².